The van der Waals surface area contributed by atoms with Crippen LogP contribution in [0, 0.1) is 0 Å². The summed E-state index contributed by atoms with van der Waals surface area (Å²) in [5.74, 6) is -1.51. The molecule has 2 aromatic rings. The molecule has 0 amide bonds. The first kappa shape index (κ1) is 33.8. The molecule has 252 valence electrons. The Hall–Kier alpha value is -3.58. The number of aliphatic hydroxyl groups is 6. The zero-order chi connectivity index (χ0) is 33.4. The lowest BCUT2D eigenvalue weighted by molar-refractivity contribution is -0.318. The van der Waals surface area contributed by atoms with E-state index in [1.807, 2.05) is 0 Å². The number of ketones is 1. The molecule has 2 fully saturated rings. The molecule has 2 saturated heterocycles. The number of fused-ring (bicyclic) bond motifs is 1. The lowest BCUT2D eigenvalue weighted by atomic mass is 9.95. The summed E-state index contributed by atoms with van der Waals surface area (Å²) in [6.07, 6.45) is -16.2. The van der Waals surface area contributed by atoms with E-state index in [4.69, 9.17) is 33.2 Å². The van der Waals surface area contributed by atoms with Crippen molar-refractivity contribution in [2.75, 3.05) is 13.7 Å². The Morgan fingerprint density at radius 1 is 0.891 bits per heavy atom. The van der Waals surface area contributed by atoms with Gasteiger partial charge in [-0.3, -0.25) is 9.59 Å². The summed E-state index contributed by atoms with van der Waals surface area (Å²) in [4.78, 5) is 25.1. The van der Waals surface area contributed by atoms with Crippen molar-refractivity contribution in [1.29, 1.82) is 0 Å². The fourth-order valence-corrected chi connectivity index (χ4v) is 5.42. The molecule has 5 rings (SSSR count). The van der Waals surface area contributed by atoms with E-state index in [-0.39, 0.29) is 40.7 Å². The van der Waals surface area contributed by atoms with E-state index in [0.717, 1.165) is 6.92 Å². The van der Waals surface area contributed by atoms with Crippen molar-refractivity contribution in [1.82, 2.24) is 0 Å². The maximum atomic E-state index is 13.2. The van der Waals surface area contributed by atoms with Crippen molar-refractivity contribution in [3.8, 4) is 28.7 Å². The molecule has 0 aliphatic carbocycles. The lowest BCUT2D eigenvalue weighted by Gasteiger charge is -2.42. The first-order valence-corrected chi connectivity index (χ1v) is 14.4. The van der Waals surface area contributed by atoms with Crippen LogP contribution in [-0.2, 0) is 19.0 Å². The molecule has 0 bridgehead atoms. The zero-order valence-corrected chi connectivity index (χ0v) is 25.0. The highest BCUT2D eigenvalue weighted by atomic mass is 16.7. The Balaban J connectivity index is 1.37. The van der Waals surface area contributed by atoms with Gasteiger partial charge in [0, 0.05) is 19.1 Å². The van der Waals surface area contributed by atoms with Gasteiger partial charge in [0.05, 0.1) is 26.2 Å². The van der Waals surface area contributed by atoms with Crippen molar-refractivity contribution in [2.24, 2.45) is 0 Å². The standard InChI is InChI=1S/C30H36O16/c1-11-23(34)25(36)27(38)29(42-11)41-10-21-24(35)26(37)28(39)30(46-21)44-14-7-19(43-12(2)31)22-16(33)9-18(45-20(22)8-14)13-4-5-17(40-3)15(32)6-13/h4-8,11,18,21,23-30,32,34-39H,9-10H2,1-3H3/t11-,18-,21+,23-,24+,25+,26-,27+,28+,29+,30+/m0/s1. The second-order valence-corrected chi connectivity index (χ2v) is 11.2. The largest absolute Gasteiger partial charge is 0.504 e. The number of hydrogen-bond acceptors (Lipinski definition) is 16. The van der Waals surface area contributed by atoms with Crippen LogP contribution >= 0.6 is 0 Å². The van der Waals surface area contributed by atoms with Gasteiger partial charge >= 0.3 is 5.97 Å². The molecular formula is C30H36O16. The smallest absolute Gasteiger partial charge is 0.308 e. The highest BCUT2D eigenvalue weighted by Gasteiger charge is 2.47. The molecule has 46 heavy (non-hydrogen) atoms. The van der Waals surface area contributed by atoms with E-state index in [0.29, 0.717) is 5.56 Å². The molecular weight excluding hydrogens is 616 g/mol. The van der Waals surface area contributed by atoms with Crippen LogP contribution in [0.3, 0.4) is 0 Å². The maximum Gasteiger partial charge on any atom is 0.308 e. The number of aromatic hydroxyl groups is 1. The number of phenolic OH excluding ortho intramolecular Hbond substituents is 1. The number of benzene rings is 2. The summed E-state index contributed by atoms with van der Waals surface area (Å²) >= 11 is 0. The quantitative estimate of drug-likeness (QED) is 0.135. The molecule has 0 aromatic heterocycles. The van der Waals surface area contributed by atoms with Crippen molar-refractivity contribution < 1.29 is 78.5 Å². The molecule has 3 aliphatic rings. The van der Waals surface area contributed by atoms with Gasteiger partial charge in [0.15, 0.2) is 23.6 Å². The van der Waals surface area contributed by atoms with Crippen LogP contribution in [0.2, 0.25) is 0 Å². The first-order valence-electron chi connectivity index (χ1n) is 14.4. The van der Waals surface area contributed by atoms with Crippen molar-refractivity contribution >= 4 is 11.8 Å². The highest BCUT2D eigenvalue weighted by Crippen LogP contribution is 2.44. The predicted molar refractivity (Wildman–Crippen MR) is 150 cm³/mol. The van der Waals surface area contributed by atoms with E-state index < -0.39 is 85.9 Å². The van der Waals surface area contributed by atoms with E-state index in [9.17, 15) is 45.3 Å². The third-order valence-corrected chi connectivity index (χ3v) is 7.94. The van der Waals surface area contributed by atoms with Crippen LogP contribution in [0.25, 0.3) is 0 Å². The molecule has 0 radical (unpaired) electrons. The number of carbonyl (C=O) groups excluding carboxylic acids is 2. The number of methoxy groups -OCH3 is 1. The van der Waals surface area contributed by atoms with Crippen molar-refractivity contribution in [2.45, 2.75) is 87.8 Å². The summed E-state index contributed by atoms with van der Waals surface area (Å²) < 4.78 is 38.7. The van der Waals surface area contributed by atoms with Crippen molar-refractivity contribution in [3.05, 3.63) is 41.5 Å². The minimum atomic E-state index is -1.80. The number of phenols is 1. The van der Waals surface area contributed by atoms with Gasteiger partial charge in [0.2, 0.25) is 6.29 Å². The van der Waals surface area contributed by atoms with Crippen LogP contribution in [0.5, 0.6) is 28.7 Å². The second kappa shape index (κ2) is 13.6. The highest BCUT2D eigenvalue weighted by molar-refractivity contribution is 6.03. The van der Waals surface area contributed by atoms with E-state index in [1.165, 1.54) is 38.3 Å². The number of hydrogen-bond donors (Lipinski definition) is 7. The summed E-state index contributed by atoms with van der Waals surface area (Å²) in [6.45, 7) is 2.06. The van der Waals surface area contributed by atoms with Gasteiger partial charge in [-0.05, 0) is 24.6 Å². The van der Waals surface area contributed by atoms with Crippen molar-refractivity contribution in [3.63, 3.8) is 0 Å². The Bertz CT molecular complexity index is 1430. The Morgan fingerprint density at radius 2 is 1.59 bits per heavy atom. The molecule has 11 atom stereocenters. The fourth-order valence-electron chi connectivity index (χ4n) is 5.42. The molecule has 0 saturated carbocycles. The number of aliphatic hydroxyl groups excluding tert-OH is 6. The Morgan fingerprint density at radius 3 is 2.26 bits per heavy atom. The maximum absolute atomic E-state index is 13.2. The van der Waals surface area contributed by atoms with Crippen LogP contribution in [0.4, 0.5) is 0 Å². The zero-order valence-electron chi connectivity index (χ0n) is 25.0. The third kappa shape index (κ3) is 6.76. The number of carbonyl (C=O) groups is 2. The Labute approximate surface area is 262 Å². The number of rotatable bonds is 8. The SMILES string of the molecule is COc1ccc([C@@H]2CC(=O)c3c(OC(C)=O)cc(O[C@@H]4O[C@H](CO[C@@H]5O[C@@H](C)[C@H](O)[C@@H](O)[C@H]5O)[C@@H](O)[C@H](O)[C@H]4O)cc3O2)cc1O. The third-order valence-electron chi connectivity index (χ3n) is 7.94. The first-order chi connectivity index (χ1) is 21.8. The van der Waals surface area contributed by atoms with Gasteiger partial charge in [0.25, 0.3) is 0 Å². The summed E-state index contributed by atoms with van der Waals surface area (Å²) in [5, 5.41) is 72.2. The number of Topliss-reactive ketones (excluding diaryl/α,β-unsaturated/α-hetero) is 1. The van der Waals surface area contributed by atoms with Gasteiger partial charge in [-0.1, -0.05) is 6.07 Å². The summed E-state index contributed by atoms with van der Waals surface area (Å²) in [6, 6.07) is 6.98. The minimum absolute atomic E-state index is 0.0454. The molecule has 0 unspecified atom stereocenters. The number of esters is 1. The van der Waals surface area contributed by atoms with Crippen LogP contribution < -0.4 is 18.9 Å². The van der Waals surface area contributed by atoms with Gasteiger partial charge in [-0.15, -0.1) is 0 Å². The lowest BCUT2D eigenvalue weighted by Crippen LogP contribution is -2.61. The van der Waals surface area contributed by atoms with Gasteiger partial charge in [-0.25, -0.2) is 0 Å². The Kier molecular flexibility index (Phi) is 10.0. The molecule has 0 spiro atoms. The predicted octanol–water partition coefficient (Wildman–Crippen LogP) is -0.937. The normalized spacial score (nSPS) is 34.3. The molecule has 3 heterocycles. The monoisotopic (exact) mass is 652 g/mol. The van der Waals surface area contributed by atoms with Crippen LogP contribution in [-0.4, -0.2) is 123 Å². The average Bonchev–Trinajstić information content (AvgIpc) is 3.01. The molecule has 16 heteroatoms. The van der Waals surface area contributed by atoms with Crippen LogP contribution in [0.15, 0.2) is 30.3 Å². The minimum Gasteiger partial charge on any atom is -0.504 e. The molecule has 16 nitrogen and oxygen atoms in total. The van der Waals surface area contributed by atoms with Gasteiger partial charge in [-0.2, -0.15) is 0 Å². The molecule has 2 aromatic carbocycles. The molecule has 7 N–H and O–H groups in total. The summed E-state index contributed by atoms with van der Waals surface area (Å²) in [5.41, 5.74) is 0.406. The average molecular weight is 653 g/mol. The molecule has 3 aliphatic heterocycles. The topological polar surface area (TPSA) is 240 Å². The summed E-state index contributed by atoms with van der Waals surface area (Å²) in [7, 11) is 1.39. The second-order valence-electron chi connectivity index (χ2n) is 11.2. The van der Waals surface area contributed by atoms with Crippen LogP contribution in [0.1, 0.15) is 42.3 Å². The van der Waals surface area contributed by atoms with Gasteiger partial charge < -0.3 is 68.9 Å². The van der Waals surface area contributed by atoms with Gasteiger partial charge in [0.1, 0.15) is 71.6 Å². The van der Waals surface area contributed by atoms with E-state index in [1.54, 1.807) is 6.07 Å². The fraction of sp³-hybridized carbons (Fsp3) is 0.533. The van der Waals surface area contributed by atoms with E-state index in [2.05, 4.69) is 0 Å². The number of ether oxygens (including phenoxy) is 7. The van der Waals surface area contributed by atoms with E-state index >= 15 is 0 Å².